The third kappa shape index (κ3) is 3.41. The van der Waals surface area contributed by atoms with Crippen molar-refractivity contribution in [1.82, 2.24) is 9.97 Å². The van der Waals surface area contributed by atoms with E-state index in [-0.39, 0.29) is 0 Å². The van der Waals surface area contributed by atoms with Gasteiger partial charge < -0.3 is 11.1 Å². The number of nitrogens with zero attached hydrogens (tertiary/aromatic N) is 2. The lowest BCUT2D eigenvalue weighted by atomic mass is 10.3. The maximum atomic E-state index is 5.63. The number of anilines is 2. The van der Waals surface area contributed by atoms with Crippen LogP contribution in [0.15, 0.2) is 12.4 Å². The summed E-state index contributed by atoms with van der Waals surface area (Å²) in [7, 11) is 0. The Balaban J connectivity index is 2.35. The van der Waals surface area contributed by atoms with Crippen molar-refractivity contribution in [3.63, 3.8) is 0 Å². The highest BCUT2D eigenvalue weighted by molar-refractivity contribution is 7.99. The summed E-state index contributed by atoms with van der Waals surface area (Å²) in [5, 5.41) is 3.82. The minimum absolute atomic E-state index is 0.462. The van der Waals surface area contributed by atoms with Crippen LogP contribution in [0.4, 0.5) is 11.6 Å². The summed E-state index contributed by atoms with van der Waals surface area (Å²) in [6, 6.07) is 0. The van der Waals surface area contributed by atoms with E-state index in [9.17, 15) is 0 Å². The number of thioether (sulfide) groups is 1. The van der Waals surface area contributed by atoms with E-state index in [0.29, 0.717) is 16.9 Å². The minimum atomic E-state index is 0.462. The maximum Gasteiger partial charge on any atom is 0.168 e. The Hall–Kier alpha value is -0.970. The van der Waals surface area contributed by atoms with Crippen molar-refractivity contribution in [1.29, 1.82) is 0 Å². The average Bonchev–Trinajstić information content (AvgIpc) is 2.20. The summed E-state index contributed by atoms with van der Waals surface area (Å²) in [6.07, 6.45) is 6.43. The van der Waals surface area contributed by atoms with Crippen LogP contribution in [0.5, 0.6) is 0 Å². The molecule has 4 nitrogen and oxygen atoms in total. The molecule has 0 aliphatic heterocycles. The molecule has 0 radical (unpaired) electrons. The molecule has 0 aliphatic carbocycles. The first-order chi connectivity index (χ1) is 6.74. The normalized spacial score (nSPS) is 12.4. The number of nitrogens with one attached hydrogen (secondary N) is 1. The molecule has 0 saturated carbocycles. The molecule has 1 aromatic heterocycles. The van der Waals surface area contributed by atoms with Crippen LogP contribution in [0.3, 0.4) is 0 Å². The van der Waals surface area contributed by atoms with Gasteiger partial charge in [-0.05, 0) is 12.7 Å². The van der Waals surface area contributed by atoms with Gasteiger partial charge in [0.05, 0.1) is 0 Å². The zero-order chi connectivity index (χ0) is 10.4. The molecular weight excluding hydrogens is 196 g/mol. The van der Waals surface area contributed by atoms with Gasteiger partial charge in [0.15, 0.2) is 11.6 Å². The second-order valence-corrected chi connectivity index (χ2v) is 4.33. The molecule has 0 spiro atoms. The van der Waals surface area contributed by atoms with E-state index >= 15 is 0 Å². The van der Waals surface area contributed by atoms with Gasteiger partial charge in [-0.2, -0.15) is 11.8 Å². The molecule has 0 amide bonds. The van der Waals surface area contributed by atoms with Gasteiger partial charge in [0.2, 0.25) is 0 Å². The van der Waals surface area contributed by atoms with Crippen LogP contribution in [0.25, 0.3) is 0 Å². The summed E-state index contributed by atoms with van der Waals surface area (Å²) in [4.78, 5) is 8.04. The Morgan fingerprint density at radius 2 is 2.21 bits per heavy atom. The van der Waals surface area contributed by atoms with Gasteiger partial charge in [-0.15, -0.1) is 0 Å². The van der Waals surface area contributed by atoms with Gasteiger partial charge in [0.25, 0.3) is 0 Å². The van der Waals surface area contributed by atoms with E-state index in [1.54, 1.807) is 12.4 Å². The number of nitrogen functional groups attached to an aromatic ring is 1. The molecule has 0 fully saturated rings. The first kappa shape index (κ1) is 11.1. The van der Waals surface area contributed by atoms with Crippen molar-refractivity contribution in [3.8, 4) is 0 Å². The molecule has 0 bridgehead atoms. The van der Waals surface area contributed by atoms with E-state index < -0.39 is 0 Å². The van der Waals surface area contributed by atoms with E-state index in [4.69, 9.17) is 5.73 Å². The SMILES string of the molecule is CSC(C)CCNc1nccnc1N. The molecule has 0 aromatic carbocycles. The molecule has 78 valence electrons. The summed E-state index contributed by atoms with van der Waals surface area (Å²) in [6.45, 7) is 3.08. The van der Waals surface area contributed by atoms with E-state index in [1.165, 1.54) is 0 Å². The van der Waals surface area contributed by atoms with Gasteiger partial charge in [-0.25, -0.2) is 9.97 Å². The molecule has 14 heavy (non-hydrogen) atoms. The largest absolute Gasteiger partial charge is 0.381 e. The second-order valence-electron chi connectivity index (χ2n) is 3.05. The Kier molecular flexibility index (Phi) is 4.52. The average molecular weight is 212 g/mol. The molecule has 5 heteroatoms. The first-order valence-electron chi connectivity index (χ1n) is 4.57. The quantitative estimate of drug-likeness (QED) is 0.776. The van der Waals surface area contributed by atoms with Gasteiger partial charge in [0.1, 0.15) is 0 Å². The fourth-order valence-electron chi connectivity index (χ4n) is 0.997. The highest BCUT2D eigenvalue weighted by atomic mass is 32.2. The van der Waals surface area contributed by atoms with Crippen molar-refractivity contribution in [2.24, 2.45) is 0 Å². The predicted octanol–water partition coefficient (Wildman–Crippen LogP) is 1.61. The zero-order valence-electron chi connectivity index (χ0n) is 8.53. The Morgan fingerprint density at radius 3 is 2.86 bits per heavy atom. The van der Waals surface area contributed by atoms with Crippen LogP contribution in [0, 0.1) is 0 Å². The van der Waals surface area contributed by atoms with Crippen molar-refractivity contribution in [2.45, 2.75) is 18.6 Å². The number of aromatic nitrogens is 2. The lowest BCUT2D eigenvalue weighted by molar-refractivity contribution is 0.849. The van der Waals surface area contributed by atoms with Crippen LogP contribution in [-0.4, -0.2) is 28.0 Å². The topological polar surface area (TPSA) is 63.8 Å². The van der Waals surface area contributed by atoms with Gasteiger partial charge in [-0.1, -0.05) is 6.92 Å². The molecule has 0 aliphatic rings. The smallest absolute Gasteiger partial charge is 0.168 e. The Bertz CT molecular complexity index is 279. The lowest BCUT2D eigenvalue weighted by Gasteiger charge is -2.10. The molecule has 1 rings (SSSR count). The van der Waals surface area contributed by atoms with Gasteiger partial charge >= 0.3 is 0 Å². The summed E-state index contributed by atoms with van der Waals surface area (Å²) >= 11 is 1.86. The highest BCUT2D eigenvalue weighted by Crippen LogP contribution is 2.12. The summed E-state index contributed by atoms with van der Waals surface area (Å²) < 4.78 is 0. The summed E-state index contributed by atoms with van der Waals surface area (Å²) in [5.41, 5.74) is 5.63. The number of nitrogens with two attached hydrogens (primary N) is 1. The minimum Gasteiger partial charge on any atom is -0.381 e. The maximum absolute atomic E-state index is 5.63. The molecule has 0 saturated heterocycles. The van der Waals surface area contributed by atoms with Gasteiger partial charge in [0, 0.05) is 24.2 Å². The predicted molar refractivity (Wildman–Crippen MR) is 62.5 cm³/mol. The zero-order valence-corrected chi connectivity index (χ0v) is 9.34. The number of hydrogen-bond donors (Lipinski definition) is 2. The second kappa shape index (κ2) is 5.70. The highest BCUT2D eigenvalue weighted by Gasteiger charge is 2.01. The molecule has 1 atom stereocenters. The molecular formula is C9H16N4S. The van der Waals surface area contributed by atoms with Crippen LogP contribution in [0.2, 0.25) is 0 Å². The third-order valence-electron chi connectivity index (χ3n) is 1.97. The van der Waals surface area contributed by atoms with Crippen LogP contribution >= 0.6 is 11.8 Å². The summed E-state index contributed by atoms with van der Waals surface area (Å²) in [5.74, 6) is 1.14. The van der Waals surface area contributed by atoms with Crippen LogP contribution < -0.4 is 11.1 Å². The van der Waals surface area contributed by atoms with Crippen LogP contribution in [-0.2, 0) is 0 Å². The standard InChI is InChI=1S/C9H16N4S/c1-7(14-2)3-4-12-9-8(10)11-5-6-13-9/h5-7H,3-4H2,1-2H3,(H2,10,11)(H,12,13). The van der Waals surface area contributed by atoms with Crippen molar-refractivity contribution in [2.75, 3.05) is 23.9 Å². The molecule has 1 heterocycles. The molecule has 3 N–H and O–H groups in total. The van der Waals surface area contributed by atoms with E-state index in [0.717, 1.165) is 13.0 Å². The van der Waals surface area contributed by atoms with Crippen LogP contribution in [0.1, 0.15) is 13.3 Å². The van der Waals surface area contributed by atoms with E-state index in [2.05, 4.69) is 28.5 Å². The number of rotatable bonds is 5. The number of hydrogen-bond acceptors (Lipinski definition) is 5. The Labute approximate surface area is 88.7 Å². The fourth-order valence-corrected chi connectivity index (χ4v) is 1.35. The van der Waals surface area contributed by atoms with E-state index in [1.807, 2.05) is 11.8 Å². The van der Waals surface area contributed by atoms with Crippen molar-refractivity contribution in [3.05, 3.63) is 12.4 Å². The monoisotopic (exact) mass is 212 g/mol. The first-order valence-corrected chi connectivity index (χ1v) is 5.86. The molecule has 1 unspecified atom stereocenters. The fraction of sp³-hybridized carbons (Fsp3) is 0.556. The van der Waals surface area contributed by atoms with Crippen molar-refractivity contribution >= 4 is 23.4 Å². The molecule has 1 aromatic rings. The van der Waals surface area contributed by atoms with Gasteiger partial charge in [-0.3, -0.25) is 0 Å². The lowest BCUT2D eigenvalue weighted by Crippen LogP contribution is -2.10. The third-order valence-corrected chi connectivity index (χ3v) is 3.01. The van der Waals surface area contributed by atoms with Crippen molar-refractivity contribution < 1.29 is 0 Å². The Morgan fingerprint density at radius 1 is 1.50 bits per heavy atom.